The first kappa shape index (κ1) is 7.72. The fourth-order valence-corrected chi connectivity index (χ4v) is 4.91. The third-order valence-electron chi connectivity index (χ3n) is 5.27. The molecule has 2 aliphatic heterocycles. The van der Waals surface area contributed by atoms with Crippen LogP contribution < -0.4 is 0 Å². The normalized spacial score (nSPS) is 58.7. The molecule has 2 heterocycles. The van der Waals surface area contributed by atoms with Crippen molar-refractivity contribution in [3.05, 3.63) is 0 Å². The number of hydrogen-bond acceptors (Lipinski definition) is 2. The second-order valence-corrected chi connectivity index (χ2v) is 5.65. The van der Waals surface area contributed by atoms with E-state index in [0.29, 0.717) is 12.0 Å². The maximum Gasteiger partial charge on any atom is 0.309 e. The topological polar surface area (TPSA) is 26.3 Å². The Balaban J connectivity index is 1.77. The van der Waals surface area contributed by atoms with Crippen molar-refractivity contribution in [2.24, 2.45) is 29.6 Å². The Hall–Kier alpha value is -0.530. The number of fused-ring (bicyclic) bond motifs is 4. The second-order valence-electron chi connectivity index (χ2n) is 5.65. The Labute approximate surface area is 84.0 Å². The third kappa shape index (κ3) is 0.731. The molecule has 14 heavy (non-hydrogen) atoms. The largest absolute Gasteiger partial charge is 0.462 e. The molecule has 3 aliphatic carbocycles. The molecule has 0 spiro atoms. The molecule has 2 heteroatoms. The van der Waals surface area contributed by atoms with Gasteiger partial charge in [0.15, 0.2) is 0 Å². The fraction of sp³-hybridized carbons (Fsp3) is 0.917. The van der Waals surface area contributed by atoms with Gasteiger partial charge in [-0.05, 0) is 49.9 Å². The SMILES string of the molecule is O=C1OC2CCC1C1C3CCC(C3)C21. The number of ether oxygens (including phenoxy) is 1. The summed E-state index contributed by atoms with van der Waals surface area (Å²) in [7, 11) is 0. The Morgan fingerprint density at radius 2 is 1.79 bits per heavy atom. The molecule has 6 atom stereocenters. The van der Waals surface area contributed by atoms with E-state index in [1.165, 1.54) is 19.3 Å². The van der Waals surface area contributed by atoms with Crippen LogP contribution in [0.3, 0.4) is 0 Å². The minimum atomic E-state index is 0.134. The van der Waals surface area contributed by atoms with Gasteiger partial charge in [0.1, 0.15) is 6.10 Å². The summed E-state index contributed by atoms with van der Waals surface area (Å²) >= 11 is 0. The van der Waals surface area contributed by atoms with Crippen molar-refractivity contribution in [3.63, 3.8) is 0 Å². The first-order chi connectivity index (χ1) is 6.84. The first-order valence-corrected chi connectivity index (χ1v) is 6.05. The van der Waals surface area contributed by atoms with Crippen LogP contribution >= 0.6 is 0 Å². The molecule has 2 nitrogen and oxygen atoms in total. The van der Waals surface area contributed by atoms with Gasteiger partial charge in [-0.15, -0.1) is 0 Å². The monoisotopic (exact) mass is 192 g/mol. The quantitative estimate of drug-likeness (QED) is 0.549. The van der Waals surface area contributed by atoms with E-state index in [4.69, 9.17) is 4.74 Å². The highest BCUT2D eigenvalue weighted by Gasteiger charge is 2.60. The van der Waals surface area contributed by atoms with Crippen LogP contribution in [0, 0.1) is 29.6 Å². The minimum absolute atomic E-state index is 0.134. The standard InChI is InChI=1S/C12H16O2/c13-12-8-3-4-9(14-12)11-7-2-1-6(5-7)10(8)11/h6-11H,1-5H2. The predicted molar refractivity (Wildman–Crippen MR) is 50.4 cm³/mol. The van der Waals surface area contributed by atoms with Gasteiger partial charge in [0.25, 0.3) is 0 Å². The smallest absolute Gasteiger partial charge is 0.309 e. The van der Waals surface area contributed by atoms with Crippen molar-refractivity contribution in [2.45, 2.75) is 38.2 Å². The van der Waals surface area contributed by atoms with Crippen LogP contribution in [0.25, 0.3) is 0 Å². The van der Waals surface area contributed by atoms with E-state index in [9.17, 15) is 4.79 Å². The molecule has 0 N–H and O–H groups in total. The van der Waals surface area contributed by atoms with Crippen molar-refractivity contribution >= 4 is 5.97 Å². The molecular weight excluding hydrogens is 176 g/mol. The van der Waals surface area contributed by atoms with Gasteiger partial charge in [-0.1, -0.05) is 0 Å². The number of carbonyl (C=O) groups excluding carboxylic acids is 1. The molecule has 0 radical (unpaired) electrons. The molecule has 3 saturated carbocycles. The van der Waals surface area contributed by atoms with Crippen molar-refractivity contribution in [1.29, 1.82) is 0 Å². The molecule has 6 unspecified atom stereocenters. The van der Waals surface area contributed by atoms with Gasteiger partial charge >= 0.3 is 5.97 Å². The summed E-state index contributed by atoms with van der Waals surface area (Å²) in [5.74, 6) is 3.71. The zero-order valence-electron chi connectivity index (χ0n) is 8.32. The van der Waals surface area contributed by atoms with Gasteiger partial charge in [0, 0.05) is 5.92 Å². The van der Waals surface area contributed by atoms with Gasteiger partial charge in [-0.3, -0.25) is 4.79 Å². The summed E-state index contributed by atoms with van der Waals surface area (Å²) in [4.78, 5) is 11.7. The average Bonchev–Trinajstić information content (AvgIpc) is 2.79. The molecule has 5 fully saturated rings. The molecule has 4 bridgehead atoms. The number of hydrogen-bond donors (Lipinski definition) is 0. The lowest BCUT2D eigenvalue weighted by Crippen LogP contribution is -2.52. The van der Waals surface area contributed by atoms with Crippen LogP contribution in [0.5, 0.6) is 0 Å². The molecule has 0 aromatic carbocycles. The lowest BCUT2D eigenvalue weighted by atomic mass is 9.62. The van der Waals surface area contributed by atoms with E-state index >= 15 is 0 Å². The third-order valence-corrected chi connectivity index (χ3v) is 5.27. The summed E-state index contributed by atoms with van der Waals surface area (Å²) in [6.07, 6.45) is 6.79. The highest BCUT2D eigenvalue weighted by Crippen LogP contribution is 2.61. The van der Waals surface area contributed by atoms with Gasteiger partial charge in [-0.2, -0.15) is 0 Å². The Morgan fingerprint density at radius 1 is 1.00 bits per heavy atom. The fourth-order valence-electron chi connectivity index (χ4n) is 4.91. The first-order valence-electron chi connectivity index (χ1n) is 6.05. The maximum absolute atomic E-state index is 11.7. The minimum Gasteiger partial charge on any atom is -0.462 e. The zero-order chi connectivity index (χ0) is 9.28. The Bertz CT molecular complexity index is 299. The lowest BCUT2D eigenvalue weighted by molar-refractivity contribution is -0.189. The van der Waals surface area contributed by atoms with Gasteiger partial charge < -0.3 is 4.74 Å². The summed E-state index contributed by atoms with van der Waals surface area (Å²) in [6.45, 7) is 0. The van der Waals surface area contributed by atoms with Crippen LogP contribution in [0.1, 0.15) is 32.1 Å². The van der Waals surface area contributed by atoms with Gasteiger partial charge in [0.2, 0.25) is 0 Å². The summed E-state index contributed by atoms with van der Waals surface area (Å²) in [6, 6.07) is 0. The molecular formula is C12H16O2. The highest BCUT2D eigenvalue weighted by atomic mass is 16.5. The van der Waals surface area contributed by atoms with E-state index in [2.05, 4.69) is 0 Å². The van der Waals surface area contributed by atoms with Crippen molar-refractivity contribution in [2.75, 3.05) is 0 Å². The Kier molecular flexibility index (Phi) is 1.29. The van der Waals surface area contributed by atoms with Crippen LogP contribution in [0.4, 0.5) is 0 Å². The summed E-state index contributed by atoms with van der Waals surface area (Å²) < 4.78 is 5.51. The van der Waals surface area contributed by atoms with Crippen LogP contribution in [-0.2, 0) is 9.53 Å². The summed E-state index contributed by atoms with van der Waals surface area (Å²) in [5, 5.41) is 0. The number of rotatable bonds is 0. The van der Waals surface area contributed by atoms with E-state index in [-0.39, 0.29) is 5.97 Å². The maximum atomic E-state index is 11.7. The van der Waals surface area contributed by atoms with Crippen molar-refractivity contribution < 1.29 is 9.53 Å². The van der Waals surface area contributed by atoms with Gasteiger partial charge in [0.05, 0.1) is 5.92 Å². The zero-order valence-corrected chi connectivity index (χ0v) is 8.32. The second kappa shape index (κ2) is 2.34. The van der Waals surface area contributed by atoms with Crippen molar-refractivity contribution in [3.8, 4) is 0 Å². The van der Waals surface area contributed by atoms with Crippen LogP contribution in [0.2, 0.25) is 0 Å². The number of carbonyl (C=O) groups is 1. The molecule has 5 aliphatic rings. The van der Waals surface area contributed by atoms with Crippen molar-refractivity contribution in [1.82, 2.24) is 0 Å². The van der Waals surface area contributed by atoms with E-state index in [0.717, 1.165) is 36.5 Å². The molecule has 0 aromatic heterocycles. The van der Waals surface area contributed by atoms with Gasteiger partial charge in [-0.25, -0.2) is 0 Å². The lowest BCUT2D eigenvalue weighted by Gasteiger charge is -2.49. The average molecular weight is 192 g/mol. The van der Waals surface area contributed by atoms with Crippen LogP contribution in [0.15, 0.2) is 0 Å². The number of esters is 1. The molecule has 2 saturated heterocycles. The van der Waals surface area contributed by atoms with Crippen LogP contribution in [-0.4, -0.2) is 12.1 Å². The predicted octanol–water partition coefficient (Wildman–Crippen LogP) is 1.98. The molecule has 5 rings (SSSR count). The van der Waals surface area contributed by atoms with E-state index in [1.54, 1.807) is 0 Å². The Morgan fingerprint density at radius 3 is 2.57 bits per heavy atom. The molecule has 0 aromatic rings. The summed E-state index contributed by atoms with van der Waals surface area (Å²) in [5.41, 5.74) is 0. The molecule has 76 valence electrons. The highest BCUT2D eigenvalue weighted by molar-refractivity contribution is 5.75. The molecule has 0 amide bonds. The van der Waals surface area contributed by atoms with E-state index in [1.807, 2.05) is 0 Å². The van der Waals surface area contributed by atoms with E-state index < -0.39 is 0 Å².